The number of hydrogen-bond donors (Lipinski definition) is 0. The van der Waals surface area contributed by atoms with E-state index in [2.05, 4.69) is 0 Å². The predicted molar refractivity (Wildman–Crippen MR) is 55.6 cm³/mol. The Morgan fingerprint density at radius 2 is 1.77 bits per heavy atom. The van der Waals surface area contributed by atoms with Crippen molar-refractivity contribution in [1.29, 1.82) is 0 Å². The lowest BCUT2D eigenvalue weighted by Gasteiger charge is -2.19. The van der Waals surface area contributed by atoms with E-state index in [0.29, 0.717) is 25.3 Å². The van der Waals surface area contributed by atoms with Crippen molar-refractivity contribution in [2.24, 2.45) is 5.92 Å². The Morgan fingerprint density at radius 1 is 1.31 bits per heavy atom. The maximum Gasteiger partial charge on any atom is 0.330 e. The third-order valence-corrected chi connectivity index (χ3v) is 4.35. The smallest absolute Gasteiger partial charge is 0.309 e. The van der Waals surface area contributed by atoms with Crippen LogP contribution in [0.3, 0.4) is 0 Å². The lowest BCUT2D eigenvalue weighted by atomic mass is 10.3. The van der Waals surface area contributed by atoms with Crippen LogP contribution in [-0.4, -0.2) is 25.3 Å². The molecular formula is C8H18ClO3P. The molecule has 0 aromatic carbocycles. The van der Waals surface area contributed by atoms with Gasteiger partial charge in [0.05, 0.1) is 19.4 Å². The van der Waals surface area contributed by atoms with Crippen LogP contribution in [0, 0.1) is 5.92 Å². The molecule has 1 atom stereocenters. The largest absolute Gasteiger partial charge is 0.330 e. The predicted octanol–water partition coefficient (Wildman–Crippen LogP) is 3.13. The van der Waals surface area contributed by atoms with Crippen LogP contribution in [0.4, 0.5) is 0 Å². The van der Waals surface area contributed by atoms with Crippen molar-refractivity contribution in [1.82, 2.24) is 0 Å². The molecule has 0 N–H and O–H groups in total. The Labute approximate surface area is 85.3 Å². The van der Waals surface area contributed by atoms with Gasteiger partial charge in [0.15, 0.2) is 0 Å². The quantitative estimate of drug-likeness (QED) is 0.496. The fourth-order valence-electron chi connectivity index (χ4n) is 0.967. The molecule has 13 heavy (non-hydrogen) atoms. The standard InChI is InChI=1S/C8H18ClO3P/c1-4-11-13(10,12-5-2)7-8(3)6-9/h8H,4-7H2,1-3H3. The summed E-state index contributed by atoms with van der Waals surface area (Å²) in [7, 11) is -2.88. The zero-order valence-electron chi connectivity index (χ0n) is 8.46. The second-order valence-corrected chi connectivity index (χ2v) is 5.30. The van der Waals surface area contributed by atoms with Crippen LogP contribution in [0.1, 0.15) is 20.8 Å². The summed E-state index contributed by atoms with van der Waals surface area (Å²) in [6.07, 6.45) is 0.401. The van der Waals surface area contributed by atoms with Gasteiger partial charge in [-0.1, -0.05) is 6.92 Å². The molecule has 0 radical (unpaired) electrons. The molecule has 0 saturated heterocycles. The molecular weight excluding hydrogens is 211 g/mol. The first-order valence-corrected chi connectivity index (χ1v) is 6.78. The molecule has 0 bridgehead atoms. The Hall–Kier alpha value is 0.440. The summed E-state index contributed by atoms with van der Waals surface area (Å²) in [5, 5.41) is 0. The lowest BCUT2D eigenvalue weighted by Crippen LogP contribution is -2.08. The van der Waals surface area contributed by atoms with Crippen molar-refractivity contribution in [2.45, 2.75) is 20.8 Å². The van der Waals surface area contributed by atoms with E-state index in [-0.39, 0.29) is 5.92 Å². The first-order chi connectivity index (χ1) is 6.08. The summed E-state index contributed by atoms with van der Waals surface area (Å²) in [4.78, 5) is 0. The van der Waals surface area contributed by atoms with Crippen molar-refractivity contribution < 1.29 is 13.6 Å². The molecule has 3 nitrogen and oxygen atoms in total. The van der Waals surface area contributed by atoms with E-state index in [9.17, 15) is 4.57 Å². The fourth-order valence-corrected chi connectivity index (χ4v) is 3.19. The van der Waals surface area contributed by atoms with Gasteiger partial charge in [0.1, 0.15) is 0 Å². The van der Waals surface area contributed by atoms with Gasteiger partial charge in [0.25, 0.3) is 0 Å². The maximum atomic E-state index is 11.9. The highest BCUT2D eigenvalue weighted by atomic mass is 35.5. The van der Waals surface area contributed by atoms with E-state index in [0.717, 1.165) is 0 Å². The summed E-state index contributed by atoms with van der Waals surface area (Å²) < 4.78 is 22.1. The first kappa shape index (κ1) is 13.4. The zero-order valence-corrected chi connectivity index (χ0v) is 10.1. The third kappa shape index (κ3) is 5.69. The number of rotatable bonds is 7. The van der Waals surface area contributed by atoms with E-state index in [1.807, 2.05) is 6.92 Å². The van der Waals surface area contributed by atoms with Crippen molar-refractivity contribution >= 4 is 19.2 Å². The second kappa shape index (κ2) is 6.83. The van der Waals surface area contributed by atoms with E-state index in [1.165, 1.54) is 0 Å². The molecule has 0 aliphatic carbocycles. The van der Waals surface area contributed by atoms with Crippen molar-refractivity contribution in [3.63, 3.8) is 0 Å². The molecule has 0 aliphatic rings. The van der Waals surface area contributed by atoms with Crippen LogP contribution >= 0.6 is 19.2 Å². The van der Waals surface area contributed by atoms with Gasteiger partial charge in [-0.05, 0) is 19.8 Å². The highest BCUT2D eigenvalue weighted by Crippen LogP contribution is 2.49. The molecule has 0 amide bonds. The minimum absolute atomic E-state index is 0.158. The van der Waals surface area contributed by atoms with Crippen molar-refractivity contribution in [3.8, 4) is 0 Å². The number of halogens is 1. The average Bonchev–Trinajstić information content (AvgIpc) is 2.04. The van der Waals surface area contributed by atoms with Gasteiger partial charge in [0, 0.05) is 5.88 Å². The van der Waals surface area contributed by atoms with Gasteiger partial charge in [-0.15, -0.1) is 11.6 Å². The molecule has 0 rings (SSSR count). The van der Waals surface area contributed by atoms with Gasteiger partial charge in [0.2, 0.25) is 0 Å². The fraction of sp³-hybridized carbons (Fsp3) is 1.00. The summed E-state index contributed by atoms with van der Waals surface area (Å²) in [5.74, 6) is 0.634. The minimum Gasteiger partial charge on any atom is -0.309 e. The molecule has 0 aliphatic heterocycles. The molecule has 0 aromatic heterocycles. The summed E-state index contributed by atoms with van der Waals surface area (Å²) >= 11 is 5.63. The normalized spacial score (nSPS) is 14.5. The Balaban J connectivity index is 4.14. The van der Waals surface area contributed by atoms with Crippen LogP contribution in [0.5, 0.6) is 0 Å². The number of alkyl halides is 1. The van der Waals surface area contributed by atoms with Crippen LogP contribution in [0.25, 0.3) is 0 Å². The van der Waals surface area contributed by atoms with Crippen LogP contribution in [0.15, 0.2) is 0 Å². The van der Waals surface area contributed by atoms with E-state index in [4.69, 9.17) is 20.6 Å². The van der Waals surface area contributed by atoms with Gasteiger partial charge in [-0.2, -0.15) is 0 Å². The minimum atomic E-state index is -2.88. The summed E-state index contributed by atoms with van der Waals surface area (Å²) in [6, 6.07) is 0. The molecule has 80 valence electrons. The van der Waals surface area contributed by atoms with E-state index in [1.54, 1.807) is 13.8 Å². The van der Waals surface area contributed by atoms with Gasteiger partial charge in [-0.3, -0.25) is 4.57 Å². The molecule has 1 unspecified atom stereocenters. The molecule has 0 saturated carbocycles. The zero-order chi connectivity index (χ0) is 10.3. The van der Waals surface area contributed by atoms with E-state index >= 15 is 0 Å². The monoisotopic (exact) mass is 228 g/mol. The maximum absolute atomic E-state index is 11.9. The Morgan fingerprint density at radius 3 is 2.08 bits per heavy atom. The first-order valence-electron chi connectivity index (χ1n) is 4.52. The highest BCUT2D eigenvalue weighted by Gasteiger charge is 2.25. The molecule has 0 fully saturated rings. The van der Waals surface area contributed by atoms with E-state index < -0.39 is 7.60 Å². The average molecular weight is 229 g/mol. The topological polar surface area (TPSA) is 35.5 Å². The third-order valence-electron chi connectivity index (χ3n) is 1.45. The van der Waals surface area contributed by atoms with Crippen LogP contribution in [0.2, 0.25) is 0 Å². The summed E-state index contributed by atoms with van der Waals surface area (Å²) in [5.41, 5.74) is 0. The van der Waals surface area contributed by atoms with Crippen molar-refractivity contribution in [2.75, 3.05) is 25.3 Å². The molecule has 0 spiro atoms. The van der Waals surface area contributed by atoms with Gasteiger partial charge >= 0.3 is 7.60 Å². The molecule has 0 aromatic rings. The second-order valence-electron chi connectivity index (χ2n) is 2.89. The molecule has 0 heterocycles. The Kier molecular flexibility index (Phi) is 7.06. The Bertz CT molecular complexity index is 165. The van der Waals surface area contributed by atoms with Gasteiger partial charge in [-0.25, -0.2) is 0 Å². The van der Waals surface area contributed by atoms with Gasteiger partial charge < -0.3 is 9.05 Å². The number of hydrogen-bond acceptors (Lipinski definition) is 3. The SMILES string of the molecule is CCOP(=O)(CC(C)CCl)OCC. The lowest BCUT2D eigenvalue weighted by molar-refractivity contribution is 0.217. The summed E-state index contributed by atoms with van der Waals surface area (Å²) in [6.45, 7) is 6.35. The van der Waals surface area contributed by atoms with Crippen molar-refractivity contribution in [3.05, 3.63) is 0 Å². The highest BCUT2D eigenvalue weighted by molar-refractivity contribution is 7.53. The van der Waals surface area contributed by atoms with Crippen LogP contribution in [-0.2, 0) is 13.6 Å². The molecule has 5 heteroatoms. The van der Waals surface area contributed by atoms with Crippen LogP contribution < -0.4 is 0 Å².